The van der Waals surface area contributed by atoms with Crippen molar-refractivity contribution in [2.45, 2.75) is 6.92 Å². The summed E-state index contributed by atoms with van der Waals surface area (Å²) in [6.07, 6.45) is 6.06. The number of ether oxygens (including phenoxy) is 2. The molecule has 0 aromatic heterocycles. The number of allylic oxidation sites excluding steroid dienone is 3. The molecule has 0 saturated heterocycles. The van der Waals surface area contributed by atoms with E-state index in [0.717, 1.165) is 0 Å². The Morgan fingerprint density at radius 3 is 2.55 bits per heavy atom. The van der Waals surface area contributed by atoms with Gasteiger partial charge >= 0.3 is 6.09 Å². The second kappa shape index (κ2) is 10.2. The molecule has 0 aliphatic rings. The Morgan fingerprint density at radius 2 is 1.86 bits per heavy atom. The number of anilines is 2. The zero-order valence-corrected chi connectivity index (χ0v) is 12.7. The molecule has 22 heavy (non-hydrogen) atoms. The fourth-order valence-corrected chi connectivity index (χ4v) is 1.48. The Morgan fingerprint density at radius 1 is 1.14 bits per heavy atom. The highest BCUT2D eigenvalue weighted by Crippen LogP contribution is 2.15. The van der Waals surface area contributed by atoms with Gasteiger partial charge in [0.1, 0.15) is 6.61 Å². The van der Waals surface area contributed by atoms with Crippen LogP contribution in [-0.2, 0) is 14.3 Å². The van der Waals surface area contributed by atoms with Gasteiger partial charge in [0.05, 0.1) is 6.61 Å². The predicted octanol–water partition coefficient (Wildman–Crippen LogP) is 2.95. The SMILES string of the molecule is CC=CC=CC(=O)Nc1cccc(NC(=O)OCCOC)c1. The van der Waals surface area contributed by atoms with Gasteiger partial charge in [-0.25, -0.2) is 4.79 Å². The molecule has 1 rings (SSSR count). The molecule has 0 saturated carbocycles. The first-order chi connectivity index (χ1) is 10.7. The zero-order valence-electron chi connectivity index (χ0n) is 12.7. The van der Waals surface area contributed by atoms with Crippen LogP contribution >= 0.6 is 0 Å². The summed E-state index contributed by atoms with van der Waals surface area (Å²) in [5, 5.41) is 5.26. The summed E-state index contributed by atoms with van der Waals surface area (Å²) in [5.41, 5.74) is 1.10. The van der Waals surface area contributed by atoms with Crippen molar-refractivity contribution in [3.8, 4) is 0 Å². The van der Waals surface area contributed by atoms with Crippen LogP contribution in [0.4, 0.5) is 16.2 Å². The molecule has 0 heterocycles. The lowest BCUT2D eigenvalue weighted by Crippen LogP contribution is -2.16. The monoisotopic (exact) mass is 304 g/mol. The molecule has 0 bridgehead atoms. The van der Waals surface area contributed by atoms with Crippen LogP contribution < -0.4 is 10.6 Å². The number of carbonyl (C=O) groups is 2. The van der Waals surface area contributed by atoms with Crippen LogP contribution in [0.1, 0.15) is 6.92 Å². The van der Waals surface area contributed by atoms with Crippen LogP contribution in [0.25, 0.3) is 0 Å². The van der Waals surface area contributed by atoms with E-state index in [1.54, 1.807) is 36.4 Å². The van der Waals surface area contributed by atoms with E-state index in [0.29, 0.717) is 18.0 Å². The molecule has 6 heteroatoms. The average molecular weight is 304 g/mol. The molecule has 118 valence electrons. The molecule has 2 N–H and O–H groups in total. The average Bonchev–Trinajstić information content (AvgIpc) is 2.48. The molecule has 1 aromatic carbocycles. The predicted molar refractivity (Wildman–Crippen MR) is 85.9 cm³/mol. The Bertz CT molecular complexity index is 553. The number of methoxy groups -OCH3 is 1. The fourth-order valence-electron chi connectivity index (χ4n) is 1.48. The standard InChI is InChI=1S/C16H20N2O4/c1-3-4-5-9-15(19)17-13-7-6-8-14(12-13)18-16(20)22-11-10-21-2/h3-9,12H,10-11H2,1-2H3,(H,17,19)(H,18,20). The largest absolute Gasteiger partial charge is 0.447 e. The van der Waals surface area contributed by atoms with Crippen LogP contribution in [0, 0.1) is 0 Å². The van der Waals surface area contributed by atoms with E-state index in [2.05, 4.69) is 10.6 Å². The van der Waals surface area contributed by atoms with Crippen molar-refractivity contribution in [1.29, 1.82) is 0 Å². The van der Waals surface area contributed by atoms with Crippen molar-refractivity contribution in [2.75, 3.05) is 31.0 Å². The van der Waals surface area contributed by atoms with Gasteiger partial charge in [0.2, 0.25) is 5.91 Å². The maximum Gasteiger partial charge on any atom is 0.411 e. The molecule has 0 fully saturated rings. The minimum Gasteiger partial charge on any atom is -0.447 e. The molecule has 1 aromatic rings. The smallest absolute Gasteiger partial charge is 0.411 e. The first kappa shape index (κ1) is 17.5. The lowest BCUT2D eigenvalue weighted by atomic mass is 10.2. The minimum absolute atomic E-state index is 0.175. The van der Waals surface area contributed by atoms with E-state index >= 15 is 0 Å². The van der Waals surface area contributed by atoms with Gasteiger partial charge in [-0.1, -0.05) is 24.3 Å². The Hall–Kier alpha value is -2.60. The van der Waals surface area contributed by atoms with Crippen molar-refractivity contribution in [2.24, 2.45) is 0 Å². The Kier molecular flexibility index (Phi) is 8.07. The van der Waals surface area contributed by atoms with Crippen molar-refractivity contribution in [3.63, 3.8) is 0 Å². The zero-order chi connectivity index (χ0) is 16.2. The van der Waals surface area contributed by atoms with Gasteiger partial charge in [-0.2, -0.15) is 0 Å². The summed E-state index contributed by atoms with van der Waals surface area (Å²) in [7, 11) is 1.53. The van der Waals surface area contributed by atoms with E-state index < -0.39 is 6.09 Å². The highest BCUT2D eigenvalue weighted by Gasteiger charge is 2.04. The summed E-state index contributed by atoms with van der Waals surface area (Å²) < 4.78 is 9.67. The van der Waals surface area contributed by atoms with E-state index in [9.17, 15) is 9.59 Å². The third-order valence-corrected chi connectivity index (χ3v) is 2.45. The highest BCUT2D eigenvalue weighted by atomic mass is 16.6. The molecule has 0 unspecified atom stereocenters. The summed E-state index contributed by atoms with van der Waals surface area (Å²) in [5.74, 6) is -0.252. The van der Waals surface area contributed by atoms with Crippen molar-refractivity contribution in [1.82, 2.24) is 0 Å². The van der Waals surface area contributed by atoms with Crippen LogP contribution in [0.2, 0.25) is 0 Å². The van der Waals surface area contributed by atoms with Gasteiger partial charge in [-0.15, -0.1) is 0 Å². The number of rotatable bonds is 7. The van der Waals surface area contributed by atoms with E-state index in [4.69, 9.17) is 9.47 Å². The lowest BCUT2D eigenvalue weighted by Gasteiger charge is -2.08. The topological polar surface area (TPSA) is 76.7 Å². The maximum atomic E-state index is 11.6. The molecule has 0 atom stereocenters. The number of hydrogen-bond donors (Lipinski definition) is 2. The fraction of sp³-hybridized carbons (Fsp3) is 0.250. The second-order valence-corrected chi connectivity index (χ2v) is 4.21. The molecule has 0 spiro atoms. The van der Waals surface area contributed by atoms with Crippen LogP contribution in [0.5, 0.6) is 0 Å². The van der Waals surface area contributed by atoms with Gasteiger partial charge in [0.25, 0.3) is 0 Å². The van der Waals surface area contributed by atoms with Crippen LogP contribution in [0.15, 0.2) is 48.6 Å². The van der Waals surface area contributed by atoms with Gasteiger partial charge in [0, 0.05) is 24.6 Å². The van der Waals surface area contributed by atoms with E-state index in [1.807, 2.05) is 13.0 Å². The molecule has 0 aliphatic carbocycles. The molecular formula is C16H20N2O4. The normalized spacial score (nSPS) is 10.8. The number of amides is 2. The van der Waals surface area contributed by atoms with Crippen LogP contribution in [-0.4, -0.2) is 32.3 Å². The van der Waals surface area contributed by atoms with Gasteiger partial charge < -0.3 is 14.8 Å². The number of benzene rings is 1. The Balaban J connectivity index is 2.54. The second-order valence-electron chi connectivity index (χ2n) is 4.21. The maximum absolute atomic E-state index is 11.6. The third kappa shape index (κ3) is 7.25. The molecule has 0 aliphatic heterocycles. The molecule has 0 radical (unpaired) electrons. The highest BCUT2D eigenvalue weighted by molar-refractivity contribution is 6.00. The van der Waals surface area contributed by atoms with Crippen molar-refractivity contribution in [3.05, 3.63) is 48.6 Å². The van der Waals surface area contributed by atoms with Gasteiger partial charge in [-0.3, -0.25) is 10.1 Å². The molecule has 6 nitrogen and oxygen atoms in total. The Labute approximate surface area is 129 Å². The van der Waals surface area contributed by atoms with Crippen LogP contribution in [0.3, 0.4) is 0 Å². The summed E-state index contributed by atoms with van der Waals surface area (Å²) in [6, 6.07) is 6.78. The van der Waals surface area contributed by atoms with E-state index in [-0.39, 0.29) is 12.5 Å². The first-order valence-electron chi connectivity index (χ1n) is 6.79. The number of nitrogens with one attached hydrogen (secondary N) is 2. The molecule has 2 amide bonds. The first-order valence-corrected chi connectivity index (χ1v) is 6.79. The summed E-state index contributed by atoms with van der Waals surface area (Å²) in [4.78, 5) is 23.1. The third-order valence-electron chi connectivity index (χ3n) is 2.45. The van der Waals surface area contributed by atoms with Gasteiger partial charge in [-0.05, 0) is 25.1 Å². The van der Waals surface area contributed by atoms with Crippen molar-refractivity contribution < 1.29 is 19.1 Å². The van der Waals surface area contributed by atoms with Gasteiger partial charge in [0.15, 0.2) is 0 Å². The number of hydrogen-bond acceptors (Lipinski definition) is 4. The minimum atomic E-state index is -0.575. The lowest BCUT2D eigenvalue weighted by molar-refractivity contribution is -0.111. The van der Waals surface area contributed by atoms with Crippen molar-refractivity contribution >= 4 is 23.4 Å². The summed E-state index contributed by atoms with van der Waals surface area (Å²) in [6.45, 7) is 2.37. The van der Waals surface area contributed by atoms with E-state index in [1.165, 1.54) is 13.2 Å². The summed E-state index contributed by atoms with van der Waals surface area (Å²) >= 11 is 0. The quantitative estimate of drug-likeness (QED) is 0.461. The number of carbonyl (C=O) groups excluding carboxylic acids is 2. The molecular weight excluding hydrogens is 284 g/mol.